The van der Waals surface area contributed by atoms with Crippen molar-refractivity contribution in [3.05, 3.63) is 29.8 Å². The Balaban J connectivity index is 2.36. The van der Waals surface area contributed by atoms with E-state index in [1.165, 1.54) is 0 Å². The van der Waals surface area contributed by atoms with Crippen LogP contribution in [0.4, 0.5) is 0 Å². The Hall–Kier alpha value is -1.84. The highest BCUT2D eigenvalue weighted by Crippen LogP contribution is 2.11. The molecule has 0 aliphatic heterocycles. The molecule has 1 aromatic rings. The van der Waals surface area contributed by atoms with Gasteiger partial charge in [-0.15, -0.1) is 0 Å². The number of phenolic OH excluding ortho intramolecular Hbond substituents is 1. The minimum atomic E-state index is -0.373. The normalized spacial score (nSPS) is 11.8. The topological polar surface area (TPSA) is 66.4 Å². The van der Waals surface area contributed by atoms with Gasteiger partial charge in [0.1, 0.15) is 12.0 Å². The molecule has 0 bridgehead atoms. The second-order valence-electron chi connectivity index (χ2n) is 4.27. The number of carbonyl (C=O) groups is 2. The molecule has 98 valence electrons. The summed E-state index contributed by atoms with van der Waals surface area (Å²) in [6, 6.07) is 6.39. The molecule has 18 heavy (non-hydrogen) atoms. The molecular weight excluding hydrogens is 230 g/mol. The molecule has 4 heteroatoms. The van der Waals surface area contributed by atoms with Crippen molar-refractivity contribution < 1.29 is 14.7 Å². The number of phenols is 1. The van der Waals surface area contributed by atoms with Crippen LogP contribution in [0.5, 0.6) is 5.75 Å². The zero-order chi connectivity index (χ0) is 13.4. The Morgan fingerprint density at radius 3 is 2.61 bits per heavy atom. The molecular formula is C14H19NO3. The molecule has 0 radical (unpaired) electrons. The maximum absolute atomic E-state index is 11.6. The average Bonchev–Trinajstić information content (AvgIpc) is 2.37. The van der Waals surface area contributed by atoms with Gasteiger partial charge in [-0.05, 0) is 30.5 Å². The fourth-order valence-electron chi connectivity index (χ4n) is 1.68. The van der Waals surface area contributed by atoms with E-state index in [9.17, 15) is 9.59 Å². The quantitative estimate of drug-likeness (QED) is 0.724. The summed E-state index contributed by atoms with van der Waals surface area (Å²) < 4.78 is 0. The standard InChI is InChI=1S/C14H19NO3/c1-2-3-12(10-16)15-14(18)9-6-11-4-7-13(17)8-5-11/h4-5,7-8,10,12,17H,2-3,6,9H2,1H3,(H,15,18). The monoisotopic (exact) mass is 249 g/mol. The first-order valence-electron chi connectivity index (χ1n) is 6.18. The van der Waals surface area contributed by atoms with Gasteiger partial charge in [-0.2, -0.15) is 0 Å². The first kappa shape index (κ1) is 14.2. The lowest BCUT2D eigenvalue weighted by molar-refractivity contribution is -0.124. The number of hydrogen-bond donors (Lipinski definition) is 2. The highest BCUT2D eigenvalue weighted by molar-refractivity contribution is 5.79. The fourth-order valence-corrected chi connectivity index (χ4v) is 1.68. The zero-order valence-electron chi connectivity index (χ0n) is 10.6. The van der Waals surface area contributed by atoms with Gasteiger partial charge in [0, 0.05) is 6.42 Å². The van der Waals surface area contributed by atoms with E-state index in [1.807, 2.05) is 6.92 Å². The summed E-state index contributed by atoms with van der Waals surface area (Å²) in [5, 5.41) is 11.8. The van der Waals surface area contributed by atoms with Crippen molar-refractivity contribution in [1.29, 1.82) is 0 Å². The molecule has 1 unspecified atom stereocenters. The number of aldehydes is 1. The maximum atomic E-state index is 11.6. The van der Waals surface area contributed by atoms with Crippen molar-refractivity contribution >= 4 is 12.2 Å². The zero-order valence-corrected chi connectivity index (χ0v) is 10.6. The molecule has 1 atom stereocenters. The van der Waals surface area contributed by atoms with Crippen molar-refractivity contribution in [1.82, 2.24) is 5.32 Å². The van der Waals surface area contributed by atoms with Crippen LogP contribution in [-0.4, -0.2) is 23.3 Å². The van der Waals surface area contributed by atoms with Crippen molar-refractivity contribution in [2.75, 3.05) is 0 Å². The molecule has 1 rings (SSSR count). The van der Waals surface area contributed by atoms with E-state index in [-0.39, 0.29) is 17.7 Å². The van der Waals surface area contributed by atoms with Crippen LogP contribution in [0, 0.1) is 0 Å². The third-order valence-corrected chi connectivity index (χ3v) is 2.69. The van der Waals surface area contributed by atoms with Gasteiger partial charge in [-0.25, -0.2) is 0 Å². The van der Waals surface area contributed by atoms with E-state index in [0.29, 0.717) is 19.3 Å². The molecule has 1 aromatic carbocycles. The smallest absolute Gasteiger partial charge is 0.220 e. The Labute approximate surface area is 107 Å². The average molecular weight is 249 g/mol. The van der Waals surface area contributed by atoms with E-state index in [0.717, 1.165) is 18.3 Å². The van der Waals surface area contributed by atoms with E-state index in [1.54, 1.807) is 24.3 Å². The first-order chi connectivity index (χ1) is 8.65. The molecule has 0 aliphatic carbocycles. The molecule has 0 saturated heterocycles. The Bertz CT molecular complexity index is 387. The van der Waals surface area contributed by atoms with Gasteiger partial charge in [0.05, 0.1) is 6.04 Å². The third kappa shape index (κ3) is 4.99. The maximum Gasteiger partial charge on any atom is 0.220 e. The van der Waals surface area contributed by atoms with Gasteiger partial charge >= 0.3 is 0 Å². The lowest BCUT2D eigenvalue weighted by Gasteiger charge is -2.11. The van der Waals surface area contributed by atoms with Gasteiger partial charge in [0.2, 0.25) is 5.91 Å². The van der Waals surface area contributed by atoms with Crippen LogP contribution in [0.25, 0.3) is 0 Å². The van der Waals surface area contributed by atoms with Gasteiger partial charge in [0.15, 0.2) is 0 Å². The van der Waals surface area contributed by atoms with Gasteiger partial charge in [0.25, 0.3) is 0 Å². The minimum Gasteiger partial charge on any atom is -0.508 e. The number of aromatic hydroxyl groups is 1. The van der Waals surface area contributed by atoms with E-state index >= 15 is 0 Å². The molecule has 0 aromatic heterocycles. The number of rotatable bonds is 7. The van der Waals surface area contributed by atoms with Crippen LogP contribution in [0.3, 0.4) is 0 Å². The van der Waals surface area contributed by atoms with Crippen LogP contribution < -0.4 is 5.32 Å². The molecule has 0 spiro atoms. The Morgan fingerprint density at radius 2 is 2.06 bits per heavy atom. The molecule has 0 aliphatic rings. The number of nitrogens with one attached hydrogen (secondary N) is 1. The second kappa shape index (κ2) is 7.48. The molecule has 1 amide bonds. The van der Waals surface area contributed by atoms with Crippen LogP contribution in [0.1, 0.15) is 31.7 Å². The largest absolute Gasteiger partial charge is 0.508 e. The predicted octanol–water partition coefficient (Wildman–Crippen LogP) is 1.81. The van der Waals surface area contributed by atoms with Crippen LogP contribution in [-0.2, 0) is 16.0 Å². The Kier molecular flexibility index (Phi) is 5.91. The van der Waals surface area contributed by atoms with Crippen molar-refractivity contribution in [3.8, 4) is 5.75 Å². The molecule has 0 heterocycles. The van der Waals surface area contributed by atoms with Crippen molar-refractivity contribution in [2.45, 2.75) is 38.6 Å². The number of carbonyl (C=O) groups excluding carboxylic acids is 2. The molecule has 0 saturated carbocycles. The summed E-state index contributed by atoms with van der Waals surface area (Å²) in [6.45, 7) is 1.97. The molecule has 0 fully saturated rings. The predicted molar refractivity (Wildman–Crippen MR) is 69.3 cm³/mol. The summed E-state index contributed by atoms with van der Waals surface area (Å²) >= 11 is 0. The number of benzene rings is 1. The molecule has 2 N–H and O–H groups in total. The fraction of sp³-hybridized carbons (Fsp3) is 0.429. The van der Waals surface area contributed by atoms with Gasteiger partial charge in [-0.3, -0.25) is 4.79 Å². The Morgan fingerprint density at radius 1 is 1.39 bits per heavy atom. The lowest BCUT2D eigenvalue weighted by Crippen LogP contribution is -2.35. The number of hydrogen-bond acceptors (Lipinski definition) is 3. The molecule has 4 nitrogen and oxygen atoms in total. The highest BCUT2D eigenvalue weighted by Gasteiger charge is 2.09. The second-order valence-corrected chi connectivity index (χ2v) is 4.27. The first-order valence-corrected chi connectivity index (χ1v) is 6.18. The summed E-state index contributed by atoms with van der Waals surface area (Å²) in [4.78, 5) is 22.3. The number of amides is 1. The summed E-state index contributed by atoms with van der Waals surface area (Å²) in [6.07, 6.45) is 3.26. The summed E-state index contributed by atoms with van der Waals surface area (Å²) in [5.74, 6) is 0.0980. The van der Waals surface area contributed by atoms with Crippen molar-refractivity contribution in [3.63, 3.8) is 0 Å². The van der Waals surface area contributed by atoms with Crippen LogP contribution in [0.2, 0.25) is 0 Å². The van der Waals surface area contributed by atoms with Crippen molar-refractivity contribution in [2.24, 2.45) is 0 Å². The van der Waals surface area contributed by atoms with E-state index in [2.05, 4.69) is 5.32 Å². The minimum absolute atomic E-state index is 0.117. The summed E-state index contributed by atoms with van der Waals surface area (Å²) in [7, 11) is 0. The van der Waals surface area contributed by atoms with E-state index < -0.39 is 0 Å². The van der Waals surface area contributed by atoms with Crippen LogP contribution in [0.15, 0.2) is 24.3 Å². The number of aryl methyl sites for hydroxylation is 1. The summed E-state index contributed by atoms with van der Waals surface area (Å²) in [5.41, 5.74) is 0.987. The SMILES string of the molecule is CCCC(C=O)NC(=O)CCc1ccc(O)cc1. The highest BCUT2D eigenvalue weighted by atomic mass is 16.3. The van der Waals surface area contributed by atoms with Crippen LogP contribution >= 0.6 is 0 Å². The van der Waals surface area contributed by atoms with Gasteiger partial charge < -0.3 is 15.2 Å². The van der Waals surface area contributed by atoms with Gasteiger partial charge in [-0.1, -0.05) is 25.5 Å². The lowest BCUT2D eigenvalue weighted by atomic mass is 10.1. The third-order valence-electron chi connectivity index (χ3n) is 2.69. The van der Waals surface area contributed by atoms with E-state index in [4.69, 9.17) is 5.11 Å².